The van der Waals surface area contributed by atoms with Crippen molar-refractivity contribution >= 4 is 0 Å². The SMILES string of the molecule is Cc1cc2c(cc1C)CN(CCC(C)(N)CCc1ccccn1)CC2. The minimum atomic E-state index is -0.138. The minimum Gasteiger partial charge on any atom is -0.325 e. The van der Waals surface area contributed by atoms with Crippen molar-refractivity contribution in [3.63, 3.8) is 0 Å². The van der Waals surface area contributed by atoms with Gasteiger partial charge < -0.3 is 5.73 Å². The molecular weight excluding hydrogens is 306 g/mol. The van der Waals surface area contributed by atoms with E-state index < -0.39 is 0 Å². The van der Waals surface area contributed by atoms with Crippen LogP contribution in [0, 0.1) is 13.8 Å². The molecule has 1 aliphatic heterocycles. The van der Waals surface area contributed by atoms with Crippen LogP contribution in [0.25, 0.3) is 0 Å². The van der Waals surface area contributed by atoms with Gasteiger partial charge in [-0.3, -0.25) is 9.88 Å². The number of nitrogens with zero attached hydrogens (tertiary/aromatic N) is 2. The molecule has 0 bridgehead atoms. The van der Waals surface area contributed by atoms with Crippen LogP contribution in [-0.2, 0) is 19.4 Å². The van der Waals surface area contributed by atoms with Gasteiger partial charge in [-0.05, 0) is 80.8 Å². The van der Waals surface area contributed by atoms with E-state index in [0.29, 0.717) is 0 Å². The van der Waals surface area contributed by atoms with Crippen molar-refractivity contribution in [1.82, 2.24) is 9.88 Å². The molecule has 1 atom stereocenters. The van der Waals surface area contributed by atoms with Crippen LogP contribution in [-0.4, -0.2) is 28.5 Å². The molecule has 1 aromatic carbocycles. The van der Waals surface area contributed by atoms with Gasteiger partial charge in [0, 0.05) is 37.1 Å². The van der Waals surface area contributed by atoms with Crippen LogP contribution in [0.5, 0.6) is 0 Å². The van der Waals surface area contributed by atoms with E-state index in [4.69, 9.17) is 5.73 Å². The Hall–Kier alpha value is -1.71. The van der Waals surface area contributed by atoms with E-state index >= 15 is 0 Å². The first-order chi connectivity index (χ1) is 11.9. The molecule has 0 radical (unpaired) electrons. The summed E-state index contributed by atoms with van der Waals surface area (Å²) in [5.41, 5.74) is 13.4. The molecule has 0 aliphatic carbocycles. The summed E-state index contributed by atoms with van der Waals surface area (Å²) in [6, 6.07) is 10.8. The molecule has 0 fully saturated rings. The number of rotatable bonds is 6. The summed E-state index contributed by atoms with van der Waals surface area (Å²) < 4.78 is 0. The summed E-state index contributed by atoms with van der Waals surface area (Å²) in [6.07, 6.45) is 5.98. The zero-order valence-corrected chi connectivity index (χ0v) is 15.9. The van der Waals surface area contributed by atoms with Crippen LogP contribution >= 0.6 is 0 Å². The van der Waals surface area contributed by atoms with Crippen molar-refractivity contribution < 1.29 is 0 Å². The number of hydrogen-bond donors (Lipinski definition) is 1. The molecule has 134 valence electrons. The minimum absolute atomic E-state index is 0.138. The molecule has 2 aromatic rings. The zero-order valence-electron chi connectivity index (χ0n) is 15.9. The van der Waals surface area contributed by atoms with E-state index in [-0.39, 0.29) is 5.54 Å². The van der Waals surface area contributed by atoms with Crippen LogP contribution in [0.1, 0.15) is 47.7 Å². The number of pyridine rings is 1. The molecule has 0 spiro atoms. The number of hydrogen-bond acceptors (Lipinski definition) is 3. The lowest BCUT2D eigenvalue weighted by Gasteiger charge is -2.33. The molecule has 0 saturated carbocycles. The van der Waals surface area contributed by atoms with Gasteiger partial charge in [0.15, 0.2) is 0 Å². The van der Waals surface area contributed by atoms with Crippen LogP contribution in [0.2, 0.25) is 0 Å². The standard InChI is InChI=1S/C22H31N3/c1-17-14-19-8-12-25(16-20(19)15-18(17)2)13-10-22(3,23)9-7-21-6-4-5-11-24-21/h4-6,11,14-15H,7-10,12-13,16,23H2,1-3H3. The van der Waals surface area contributed by atoms with Crippen LogP contribution in [0.4, 0.5) is 0 Å². The van der Waals surface area contributed by atoms with Crippen LogP contribution < -0.4 is 5.73 Å². The smallest absolute Gasteiger partial charge is 0.0404 e. The predicted molar refractivity (Wildman–Crippen MR) is 105 cm³/mol. The molecule has 2 N–H and O–H groups in total. The molecule has 1 unspecified atom stereocenters. The highest BCUT2D eigenvalue weighted by molar-refractivity contribution is 5.38. The summed E-state index contributed by atoms with van der Waals surface area (Å²) in [7, 11) is 0. The van der Waals surface area contributed by atoms with Gasteiger partial charge in [0.05, 0.1) is 0 Å². The third-order valence-corrected chi connectivity index (χ3v) is 5.58. The van der Waals surface area contributed by atoms with Gasteiger partial charge in [-0.2, -0.15) is 0 Å². The first-order valence-electron chi connectivity index (χ1n) is 9.43. The Morgan fingerprint density at radius 3 is 2.60 bits per heavy atom. The highest BCUT2D eigenvalue weighted by Crippen LogP contribution is 2.24. The second kappa shape index (κ2) is 7.67. The highest BCUT2D eigenvalue weighted by Gasteiger charge is 2.22. The maximum absolute atomic E-state index is 6.57. The third kappa shape index (κ3) is 4.90. The Labute approximate surface area is 152 Å². The van der Waals surface area contributed by atoms with E-state index in [1.165, 1.54) is 22.3 Å². The molecule has 3 nitrogen and oxygen atoms in total. The van der Waals surface area contributed by atoms with E-state index in [2.05, 4.69) is 48.9 Å². The number of fused-ring (bicyclic) bond motifs is 1. The largest absolute Gasteiger partial charge is 0.325 e. The Morgan fingerprint density at radius 2 is 1.88 bits per heavy atom. The summed E-state index contributed by atoms with van der Waals surface area (Å²) in [5.74, 6) is 0. The third-order valence-electron chi connectivity index (χ3n) is 5.58. The monoisotopic (exact) mass is 337 g/mol. The summed E-state index contributed by atoms with van der Waals surface area (Å²) in [4.78, 5) is 6.96. The normalized spacial score (nSPS) is 17.1. The number of aryl methyl sites for hydroxylation is 3. The van der Waals surface area contributed by atoms with E-state index in [0.717, 1.165) is 51.0 Å². The van der Waals surface area contributed by atoms with Gasteiger partial charge in [0.25, 0.3) is 0 Å². The number of nitrogens with two attached hydrogens (primary N) is 1. The Kier molecular flexibility index (Phi) is 5.55. The Balaban J connectivity index is 1.52. The number of benzene rings is 1. The van der Waals surface area contributed by atoms with Crippen molar-refractivity contribution in [2.24, 2.45) is 5.73 Å². The van der Waals surface area contributed by atoms with Crippen molar-refractivity contribution in [3.05, 3.63) is 64.5 Å². The molecule has 2 heterocycles. The lowest BCUT2D eigenvalue weighted by Crippen LogP contribution is -2.42. The second-order valence-electron chi connectivity index (χ2n) is 7.96. The molecule has 3 rings (SSSR count). The molecule has 3 heteroatoms. The molecular formula is C22H31N3. The Bertz CT molecular complexity index is 707. The highest BCUT2D eigenvalue weighted by atomic mass is 15.1. The maximum atomic E-state index is 6.57. The molecule has 1 aromatic heterocycles. The van der Waals surface area contributed by atoms with Crippen molar-refractivity contribution in [1.29, 1.82) is 0 Å². The van der Waals surface area contributed by atoms with Crippen molar-refractivity contribution in [3.8, 4) is 0 Å². The van der Waals surface area contributed by atoms with E-state index in [1.807, 2.05) is 18.3 Å². The lowest BCUT2D eigenvalue weighted by atomic mass is 9.90. The molecule has 0 amide bonds. The van der Waals surface area contributed by atoms with Gasteiger partial charge in [-0.25, -0.2) is 0 Å². The predicted octanol–water partition coefficient (Wildman–Crippen LogP) is 3.80. The molecule has 0 saturated heterocycles. The van der Waals surface area contributed by atoms with Crippen molar-refractivity contribution in [2.75, 3.05) is 13.1 Å². The van der Waals surface area contributed by atoms with Crippen LogP contribution in [0.15, 0.2) is 36.5 Å². The molecule has 25 heavy (non-hydrogen) atoms. The summed E-state index contributed by atoms with van der Waals surface area (Å²) >= 11 is 0. The average Bonchev–Trinajstić information content (AvgIpc) is 2.60. The first kappa shape index (κ1) is 18.1. The quantitative estimate of drug-likeness (QED) is 0.872. The fourth-order valence-corrected chi connectivity index (χ4v) is 3.60. The van der Waals surface area contributed by atoms with E-state index in [1.54, 1.807) is 0 Å². The van der Waals surface area contributed by atoms with E-state index in [9.17, 15) is 0 Å². The fourth-order valence-electron chi connectivity index (χ4n) is 3.60. The lowest BCUT2D eigenvalue weighted by molar-refractivity contribution is 0.223. The van der Waals surface area contributed by atoms with Gasteiger partial charge in [-0.1, -0.05) is 18.2 Å². The van der Waals surface area contributed by atoms with Crippen LogP contribution in [0.3, 0.4) is 0 Å². The first-order valence-corrected chi connectivity index (χ1v) is 9.43. The molecule has 1 aliphatic rings. The summed E-state index contributed by atoms with van der Waals surface area (Å²) in [5, 5.41) is 0. The second-order valence-corrected chi connectivity index (χ2v) is 7.96. The van der Waals surface area contributed by atoms with Gasteiger partial charge in [-0.15, -0.1) is 0 Å². The average molecular weight is 338 g/mol. The van der Waals surface area contributed by atoms with Crippen molar-refractivity contribution in [2.45, 2.75) is 58.5 Å². The van der Waals surface area contributed by atoms with Gasteiger partial charge in [0.2, 0.25) is 0 Å². The maximum Gasteiger partial charge on any atom is 0.0404 e. The topological polar surface area (TPSA) is 42.1 Å². The Morgan fingerprint density at radius 1 is 1.12 bits per heavy atom. The summed E-state index contributed by atoms with van der Waals surface area (Å²) in [6.45, 7) is 9.88. The van der Waals surface area contributed by atoms with Gasteiger partial charge in [0.1, 0.15) is 0 Å². The number of aromatic nitrogens is 1. The zero-order chi connectivity index (χ0) is 17.9. The fraction of sp³-hybridized carbons (Fsp3) is 0.500. The van der Waals surface area contributed by atoms with Gasteiger partial charge >= 0.3 is 0 Å².